The van der Waals surface area contributed by atoms with Crippen molar-refractivity contribution in [1.82, 2.24) is 0 Å². The summed E-state index contributed by atoms with van der Waals surface area (Å²) in [7, 11) is 1.29. The van der Waals surface area contributed by atoms with E-state index in [0.29, 0.717) is 0 Å². The lowest BCUT2D eigenvalue weighted by molar-refractivity contribution is -0.151. The predicted molar refractivity (Wildman–Crippen MR) is 70.4 cm³/mol. The highest BCUT2D eigenvalue weighted by Crippen LogP contribution is 2.28. The van der Waals surface area contributed by atoms with Gasteiger partial charge in [0.05, 0.1) is 7.11 Å². The molecule has 0 bridgehead atoms. The van der Waals surface area contributed by atoms with Gasteiger partial charge in [0.25, 0.3) is 0 Å². The van der Waals surface area contributed by atoms with E-state index >= 15 is 0 Å². The van der Waals surface area contributed by atoms with Crippen LogP contribution in [0.3, 0.4) is 0 Å². The van der Waals surface area contributed by atoms with Crippen LogP contribution in [0.5, 0.6) is 0 Å². The van der Waals surface area contributed by atoms with Gasteiger partial charge < -0.3 is 9.47 Å². The molecule has 0 saturated carbocycles. The molecule has 1 aromatic carbocycles. The number of halogens is 1. The molecule has 0 saturated heterocycles. The lowest BCUT2D eigenvalue weighted by Gasteiger charge is -2.21. The third kappa shape index (κ3) is 3.84. The molecule has 0 N–H and O–H groups in total. The standard InChI is InChI=1S/C13H15BrO4/c1-8-4-6-10(7-5-8)12(18-9(2)15)11(14)13(16)17-3/h4-7,11-12H,1-3H3/t11-,12-/m0/s1. The largest absolute Gasteiger partial charge is 0.468 e. The Hall–Kier alpha value is -1.36. The molecule has 0 aliphatic carbocycles. The van der Waals surface area contributed by atoms with Gasteiger partial charge in [-0.2, -0.15) is 0 Å². The van der Waals surface area contributed by atoms with Gasteiger partial charge >= 0.3 is 11.9 Å². The number of alkyl halides is 1. The first-order chi connectivity index (χ1) is 8.45. The minimum Gasteiger partial charge on any atom is -0.468 e. The first-order valence-electron chi connectivity index (χ1n) is 5.41. The molecule has 0 amide bonds. The zero-order chi connectivity index (χ0) is 13.7. The molecule has 0 radical (unpaired) electrons. The average molecular weight is 315 g/mol. The third-order valence-corrected chi connectivity index (χ3v) is 3.24. The number of methoxy groups -OCH3 is 1. The molecular weight excluding hydrogens is 300 g/mol. The topological polar surface area (TPSA) is 52.6 Å². The predicted octanol–water partition coefficient (Wildman–Crippen LogP) is 2.54. The molecule has 1 rings (SSSR count). The lowest BCUT2D eigenvalue weighted by atomic mass is 10.0. The summed E-state index contributed by atoms with van der Waals surface area (Å²) in [6.07, 6.45) is -0.699. The maximum Gasteiger partial charge on any atom is 0.323 e. The van der Waals surface area contributed by atoms with E-state index in [1.807, 2.05) is 31.2 Å². The maximum atomic E-state index is 11.5. The quantitative estimate of drug-likeness (QED) is 0.633. The summed E-state index contributed by atoms with van der Waals surface area (Å²) >= 11 is 3.20. The van der Waals surface area contributed by atoms with Crippen LogP contribution < -0.4 is 0 Å². The fraction of sp³-hybridized carbons (Fsp3) is 0.385. The van der Waals surface area contributed by atoms with E-state index < -0.39 is 22.9 Å². The first kappa shape index (κ1) is 14.7. The Labute approximate surface area is 114 Å². The average Bonchev–Trinajstić information content (AvgIpc) is 2.35. The van der Waals surface area contributed by atoms with Crippen LogP contribution in [-0.2, 0) is 19.1 Å². The Kier molecular flexibility index (Phi) is 5.34. The fourth-order valence-electron chi connectivity index (χ4n) is 1.47. The van der Waals surface area contributed by atoms with E-state index in [0.717, 1.165) is 11.1 Å². The second kappa shape index (κ2) is 6.54. The molecule has 0 unspecified atom stereocenters. The second-order valence-corrected chi connectivity index (χ2v) is 4.85. The summed E-state index contributed by atoms with van der Waals surface area (Å²) < 4.78 is 9.82. The van der Waals surface area contributed by atoms with E-state index in [-0.39, 0.29) is 0 Å². The minimum absolute atomic E-state index is 0.450. The van der Waals surface area contributed by atoms with Crippen LogP contribution in [0.2, 0.25) is 0 Å². The first-order valence-corrected chi connectivity index (χ1v) is 6.33. The van der Waals surface area contributed by atoms with E-state index in [1.54, 1.807) is 0 Å². The minimum atomic E-state index is -0.728. The van der Waals surface area contributed by atoms with Crippen LogP contribution in [0.1, 0.15) is 24.2 Å². The molecule has 0 aliphatic rings. The smallest absolute Gasteiger partial charge is 0.323 e. The van der Waals surface area contributed by atoms with Gasteiger partial charge in [0.2, 0.25) is 0 Å². The van der Waals surface area contributed by atoms with Crippen LogP contribution in [0.25, 0.3) is 0 Å². The molecule has 0 aromatic heterocycles. The summed E-state index contributed by atoms with van der Waals surface area (Å²) in [4.78, 5) is 21.9. The van der Waals surface area contributed by atoms with Crippen LogP contribution >= 0.6 is 15.9 Å². The molecule has 0 spiro atoms. The van der Waals surface area contributed by atoms with Crippen molar-refractivity contribution in [1.29, 1.82) is 0 Å². The SMILES string of the molecule is COC(=O)[C@@H](Br)[C@@H](OC(C)=O)c1ccc(C)cc1. The highest BCUT2D eigenvalue weighted by atomic mass is 79.9. The number of rotatable bonds is 4. The Morgan fingerprint density at radius 1 is 1.22 bits per heavy atom. The van der Waals surface area contributed by atoms with E-state index in [2.05, 4.69) is 20.7 Å². The van der Waals surface area contributed by atoms with Gasteiger partial charge in [-0.25, -0.2) is 0 Å². The Morgan fingerprint density at radius 3 is 2.22 bits per heavy atom. The van der Waals surface area contributed by atoms with Gasteiger partial charge in [-0.05, 0) is 12.5 Å². The molecular formula is C13H15BrO4. The lowest BCUT2D eigenvalue weighted by Crippen LogP contribution is -2.27. The van der Waals surface area contributed by atoms with E-state index in [1.165, 1.54) is 14.0 Å². The van der Waals surface area contributed by atoms with E-state index in [4.69, 9.17) is 4.74 Å². The molecule has 0 heterocycles. The van der Waals surface area contributed by atoms with Gasteiger partial charge in [0.15, 0.2) is 4.83 Å². The molecule has 0 fully saturated rings. The van der Waals surface area contributed by atoms with Gasteiger partial charge in [-0.15, -0.1) is 0 Å². The summed E-state index contributed by atoms with van der Waals surface area (Å²) in [6.45, 7) is 3.26. The molecule has 98 valence electrons. The van der Waals surface area contributed by atoms with Crippen molar-refractivity contribution in [3.05, 3.63) is 35.4 Å². The summed E-state index contributed by atoms with van der Waals surface area (Å²) in [6, 6.07) is 7.42. The third-order valence-electron chi connectivity index (χ3n) is 2.39. The summed E-state index contributed by atoms with van der Waals surface area (Å²) in [5, 5.41) is 0. The summed E-state index contributed by atoms with van der Waals surface area (Å²) in [5.74, 6) is -0.934. The van der Waals surface area contributed by atoms with Crippen LogP contribution in [0, 0.1) is 6.92 Å². The van der Waals surface area contributed by atoms with Crippen molar-refractivity contribution in [2.75, 3.05) is 7.11 Å². The number of hydrogen-bond acceptors (Lipinski definition) is 4. The number of ether oxygens (including phenoxy) is 2. The highest BCUT2D eigenvalue weighted by molar-refractivity contribution is 9.10. The number of aryl methyl sites for hydroxylation is 1. The van der Waals surface area contributed by atoms with Gasteiger partial charge in [-0.1, -0.05) is 45.8 Å². The van der Waals surface area contributed by atoms with Crippen LogP contribution in [-0.4, -0.2) is 23.9 Å². The molecule has 0 aliphatic heterocycles. The monoisotopic (exact) mass is 314 g/mol. The Morgan fingerprint density at radius 2 is 1.78 bits per heavy atom. The molecule has 2 atom stereocenters. The number of carbonyl (C=O) groups excluding carboxylic acids is 2. The van der Waals surface area contributed by atoms with Crippen LogP contribution in [0.15, 0.2) is 24.3 Å². The van der Waals surface area contributed by atoms with Gasteiger partial charge in [0, 0.05) is 6.92 Å². The molecule has 1 aromatic rings. The van der Waals surface area contributed by atoms with Crippen LogP contribution in [0.4, 0.5) is 0 Å². The highest BCUT2D eigenvalue weighted by Gasteiger charge is 2.30. The van der Waals surface area contributed by atoms with E-state index in [9.17, 15) is 9.59 Å². The van der Waals surface area contributed by atoms with Gasteiger partial charge in [-0.3, -0.25) is 9.59 Å². The molecule has 18 heavy (non-hydrogen) atoms. The number of carbonyl (C=O) groups is 2. The Bertz CT molecular complexity index is 427. The molecule has 5 heteroatoms. The summed E-state index contributed by atoms with van der Waals surface area (Å²) in [5.41, 5.74) is 1.83. The Balaban J connectivity index is 3.00. The van der Waals surface area contributed by atoms with Crippen molar-refractivity contribution in [3.63, 3.8) is 0 Å². The number of esters is 2. The molecule has 4 nitrogen and oxygen atoms in total. The zero-order valence-electron chi connectivity index (χ0n) is 10.5. The van der Waals surface area contributed by atoms with Gasteiger partial charge in [0.1, 0.15) is 6.10 Å². The normalized spacial score (nSPS) is 13.6. The van der Waals surface area contributed by atoms with Crippen molar-refractivity contribution in [3.8, 4) is 0 Å². The fourth-order valence-corrected chi connectivity index (χ4v) is 2.07. The van der Waals surface area contributed by atoms with Crippen molar-refractivity contribution >= 4 is 27.9 Å². The number of benzene rings is 1. The maximum absolute atomic E-state index is 11.5. The number of hydrogen-bond donors (Lipinski definition) is 0. The zero-order valence-corrected chi connectivity index (χ0v) is 12.1. The second-order valence-electron chi connectivity index (χ2n) is 3.87. The van der Waals surface area contributed by atoms with Crippen molar-refractivity contribution in [2.24, 2.45) is 0 Å². The van der Waals surface area contributed by atoms with Crippen molar-refractivity contribution in [2.45, 2.75) is 24.8 Å². The van der Waals surface area contributed by atoms with Crippen molar-refractivity contribution < 1.29 is 19.1 Å².